The number of hydrogen-bond donors (Lipinski definition) is 0. The van der Waals surface area contributed by atoms with Gasteiger partial charge in [0.25, 0.3) is 0 Å². The van der Waals surface area contributed by atoms with Crippen LogP contribution in [0.2, 0.25) is 0 Å². The van der Waals surface area contributed by atoms with Crippen LogP contribution in [-0.4, -0.2) is 23.6 Å². The molecule has 1 heterocycles. The second kappa shape index (κ2) is 4.03. The predicted molar refractivity (Wildman–Crippen MR) is 58.3 cm³/mol. The first-order valence-corrected chi connectivity index (χ1v) is 5.06. The fraction of sp³-hybridized carbons (Fsp3) is 0.333. The maximum Gasteiger partial charge on any atom is 0.123 e. The minimum Gasteiger partial charge on any atom is -0.306 e. The lowest BCUT2D eigenvalue weighted by Crippen LogP contribution is -2.32. The third-order valence-corrected chi connectivity index (χ3v) is 2.72. The molecule has 0 aliphatic carbocycles. The summed E-state index contributed by atoms with van der Waals surface area (Å²) in [6.07, 6.45) is 2.18. The summed E-state index contributed by atoms with van der Waals surface area (Å²) in [5.41, 5.74) is 2.37. The number of likely N-dealkylation sites (N-methyl/N-ethyl adjacent to an activating group) is 1. The van der Waals surface area contributed by atoms with Crippen molar-refractivity contribution < 1.29 is 4.39 Å². The summed E-state index contributed by atoms with van der Waals surface area (Å²) >= 11 is 0. The number of benzene rings is 1. The second-order valence-corrected chi connectivity index (χ2v) is 3.87. The van der Waals surface area contributed by atoms with Crippen LogP contribution in [0.1, 0.15) is 12.5 Å². The Labute approximate surface area is 89.6 Å². The molecule has 2 rings (SSSR count). The normalized spacial score (nSPS) is 17.0. The Morgan fingerprint density at radius 3 is 2.47 bits per heavy atom. The van der Waals surface area contributed by atoms with Crippen molar-refractivity contribution in [2.75, 3.05) is 13.6 Å². The quantitative estimate of drug-likeness (QED) is 0.733. The number of rotatable bonds is 2. The molecular weight excluding hydrogens is 191 g/mol. The number of hydrogen-bond acceptors (Lipinski definition) is 2. The second-order valence-electron chi connectivity index (χ2n) is 3.87. The molecule has 0 aromatic heterocycles. The van der Waals surface area contributed by atoms with Gasteiger partial charge in [-0.25, -0.2) is 9.40 Å². The van der Waals surface area contributed by atoms with Crippen molar-refractivity contribution in [1.82, 2.24) is 10.0 Å². The Morgan fingerprint density at radius 2 is 1.93 bits per heavy atom. The van der Waals surface area contributed by atoms with Gasteiger partial charge < -0.3 is 5.01 Å². The van der Waals surface area contributed by atoms with Crippen LogP contribution in [0.4, 0.5) is 4.39 Å². The molecule has 3 heteroatoms. The summed E-state index contributed by atoms with van der Waals surface area (Å²) in [7, 11) is 2.05. The van der Waals surface area contributed by atoms with Crippen molar-refractivity contribution in [1.29, 1.82) is 0 Å². The third kappa shape index (κ3) is 2.18. The van der Waals surface area contributed by atoms with Gasteiger partial charge >= 0.3 is 0 Å². The maximum absolute atomic E-state index is 12.7. The van der Waals surface area contributed by atoms with Gasteiger partial charge in [-0.15, -0.1) is 0 Å². The van der Waals surface area contributed by atoms with E-state index in [0.29, 0.717) is 0 Å². The average Bonchev–Trinajstić information content (AvgIpc) is 2.53. The summed E-state index contributed by atoms with van der Waals surface area (Å²) in [6, 6.07) is 6.67. The van der Waals surface area contributed by atoms with Gasteiger partial charge in [0.1, 0.15) is 5.82 Å². The Morgan fingerprint density at radius 1 is 1.27 bits per heavy atom. The first kappa shape index (κ1) is 10.2. The lowest BCUT2D eigenvalue weighted by Gasteiger charge is -2.28. The van der Waals surface area contributed by atoms with Crippen molar-refractivity contribution in [3.63, 3.8) is 0 Å². The molecule has 80 valence electrons. The van der Waals surface area contributed by atoms with E-state index in [0.717, 1.165) is 18.7 Å². The first-order valence-electron chi connectivity index (χ1n) is 5.06. The van der Waals surface area contributed by atoms with Crippen LogP contribution in [0, 0.1) is 5.82 Å². The number of allylic oxidation sites excluding steroid dienone is 1. The van der Waals surface area contributed by atoms with Gasteiger partial charge in [-0.05, 0) is 30.7 Å². The smallest absolute Gasteiger partial charge is 0.123 e. The van der Waals surface area contributed by atoms with Crippen LogP contribution in [0.5, 0.6) is 0 Å². The average molecular weight is 206 g/mol. The van der Waals surface area contributed by atoms with Crippen molar-refractivity contribution >= 4 is 0 Å². The molecule has 1 aliphatic heterocycles. The monoisotopic (exact) mass is 206 g/mol. The molecule has 1 aromatic rings. The minimum absolute atomic E-state index is 0.180. The molecule has 0 spiro atoms. The van der Waals surface area contributed by atoms with Crippen LogP contribution in [0.25, 0.3) is 0 Å². The fourth-order valence-electron chi connectivity index (χ4n) is 1.75. The van der Waals surface area contributed by atoms with Gasteiger partial charge in [-0.2, -0.15) is 0 Å². The maximum atomic E-state index is 12.7. The van der Waals surface area contributed by atoms with Gasteiger partial charge in [0, 0.05) is 19.3 Å². The van der Waals surface area contributed by atoms with E-state index in [4.69, 9.17) is 0 Å². The minimum atomic E-state index is -0.180. The van der Waals surface area contributed by atoms with Crippen molar-refractivity contribution in [2.45, 2.75) is 13.5 Å². The van der Waals surface area contributed by atoms with Crippen molar-refractivity contribution in [3.05, 3.63) is 47.4 Å². The van der Waals surface area contributed by atoms with Crippen molar-refractivity contribution in [2.24, 2.45) is 0 Å². The molecule has 0 radical (unpaired) electrons. The zero-order valence-corrected chi connectivity index (χ0v) is 9.07. The highest BCUT2D eigenvalue weighted by Gasteiger charge is 2.16. The molecule has 1 aromatic carbocycles. The van der Waals surface area contributed by atoms with Gasteiger partial charge in [-0.1, -0.05) is 12.1 Å². The molecule has 0 saturated carbocycles. The van der Waals surface area contributed by atoms with E-state index in [9.17, 15) is 4.39 Å². The van der Waals surface area contributed by atoms with E-state index in [1.165, 1.54) is 17.8 Å². The lowest BCUT2D eigenvalue weighted by atomic mass is 10.2. The molecule has 0 amide bonds. The summed E-state index contributed by atoms with van der Waals surface area (Å²) in [4.78, 5) is 0. The van der Waals surface area contributed by atoms with E-state index in [1.54, 1.807) is 0 Å². The molecule has 0 bridgehead atoms. The SMILES string of the molecule is CC1=CCN(C)N1Cc1ccc(F)cc1. The Balaban J connectivity index is 2.08. The van der Waals surface area contributed by atoms with E-state index in [1.807, 2.05) is 12.1 Å². The third-order valence-electron chi connectivity index (χ3n) is 2.72. The largest absolute Gasteiger partial charge is 0.306 e. The zero-order valence-electron chi connectivity index (χ0n) is 9.07. The fourth-order valence-corrected chi connectivity index (χ4v) is 1.75. The molecule has 0 fully saturated rings. The molecule has 0 N–H and O–H groups in total. The molecule has 0 saturated heterocycles. The van der Waals surface area contributed by atoms with Crippen molar-refractivity contribution in [3.8, 4) is 0 Å². The standard InChI is InChI=1S/C12H15FN2/c1-10-7-8-14(2)15(10)9-11-3-5-12(13)6-4-11/h3-7H,8-9H2,1-2H3. The molecular formula is C12H15FN2. The topological polar surface area (TPSA) is 6.48 Å². The van der Waals surface area contributed by atoms with Gasteiger partial charge in [0.2, 0.25) is 0 Å². The molecule has 1 aliphatic rings. The summed E-state index contributed by atoms with van der Waals surface area (Å²) in [5.74, 6) is -0.180. The highest BCUT2D eigenvalue weighted by atomic mass is 19.1. The first-order chi connectivity index (χ1) is 7.16. The highest BCUT2D eigenvalue weighted by molar-refractivity contribution is 5.17. The summed E-state index contributed by atoms with van der Waals surface area (Å²) < 4.78 is 12.7. The van der Waals surface area contributed by atoms with Gasteiger partial charge in [-0.3, -0.25) is 0 Å². The Kier molecular flexibility index (Phi) is 2.73. The summed E-state index contributed by atoms with van der Waals surface area (Å²) in [5, 5.41) is 4.34. The predicted octanol–water partition coefficient (Wildman–Crippen LogP) is 2.39. The van der Waals surface area contributed by atoms with Crippen LogP contribution in [0.3, 0.4) is 0 Å². The molecule has 0 atom stereocenters. The van der Waals surface area contributed by atoms with Crippen LogP contribution >= 0.6 is 0 Å². The Bertz CT molecular complexity index is 370. The molecule has 2 nitrogen and oxygen atoms in total. The molecule has 0 unspecified atom stereocenters. The number of halogens is 1. The highest BCUT2D eigenvalue weighted by Crippen LogP contribution is 2.18. The Hall–Kier alpha value is -1.35. The zero-order chi connectivity index (χ0) is 10.8. The van der Waals surface area contributed by atoms with Crippen LogP contribution < -0.4 is 0 Å². The summed E-state index contributed by atoms with van der Waals surface area (Å²) in [6.45, 7) is 3.85. The molecule has 15 heavy (non-hydrogen) atoms. The van der Waals surface area contributed by atoms with Gasteiger partial charge in [0.05, 0.1) is 6.54 Å². The number of hydrazine groups is 1. The van der Waals surface area contributed by atoms with E-state index in [2.05, 4.69) is 30.1 Å². The lowest BCUT2D eigenvalue weighted by molar-refractivity contribution is 0.0620. The van der Waals surface area contributed by atoms with Gasteiger partial charge in [0.15, 0.2) is 0 Å². The number of nitrogens with zero attached hydrogens (tertiary/aromatic N) is 2. The van der Waals surface area contributed by atoms with Crippen LogP contribution in [0.15, 0.2) is 36.0 Å². The van der Waals surface area contributed by atoms with E-state index < -0.39 is 0 Å². The van der Waals surface area contributed by atoms with E-state index in [-0.39, 0.29) is 5.82 Å². The van der Waals surface area contributed by atoms with E-state index >= 15 is 0 Å². The van der Waals surface area contributed by atoms with Crippen LogP contribution in [-0.2, 0) is 6.54 Å².